The van der Waals surface area contributed by atoms with Crippen LogP contribution in [0.15, 0.2) is 46.0 Å². The van der Waals surface area contributed by atoms with Gasteiger partial charge >= 0.3 is 0 Å². The fourth-order valence-electron chi connectivity index (χ4n) is 1.91. The topological polar surface area (TPSA) is 59.1 Å². The molecule has 1 N–H and O–H groups in total. The maximum absolute atomic E-state index is 12.1. The van der Waals surface area contributed by atoms with E-state index in [9.17, 15) is 8.42 Å². The Balaban J connectivity index is 1.73. The van der Waals surface area contributed by atoms with Crippen molar-refractivity contribution in [1.82, 2.24) is 9.71 Å². The van der Waals surface area contributed by atoms with Crippen LogP contribution in [-0.4, -0.2) is 19.9 Å². The van der Waals surface area contributed by atoms with Gasteiger partial charge in [0, 0.05) is 12.5 Å². The third-order valence-corrected chi connectivity index (χ3v) is 7.16. The van der Waals surface area contributed by atoms with E-state index in [-0.39, 0.29) is 5.92 Å². The molecule has 3 aromatic rings. The van der Waals surface area contributed by atoms with E-state index in [4.69, 9.17) is 0 Å². The highest BCUT2D eigenvalue weighted by Crippen LogP contribution is 2.27. The Hall–Kier alpha value is -1.28. The molecule has 2 aromatic heterocycles. The van der Waals surface area contributed by atoms with Gasteiger partial charge in [0.1, 0.15) is 4.21 Å². The zero-order valence-electron chi connectivity index (χ0n) is 11.3. The van der Waals surface area contributed by atoms with Gasteiger partial charge in [-0.1, -0.05) is 25.1 Å². The monoisotopic (exact) mass is 338 g/mol. The van der Waals surface area contributed by atoms with Crippen LogP contribution in [0, 0.1) is 0 Å². The molecule has 0 radical (unpaired) electrons. The molecule has 0 bridgehead atoms. The number of aromatic nitrogens is 1. The second-order valence-electron chi connectivity index (χ2n) is 4.70. The molecule has 2 heterocycles. The number of thiophene rings is 1. The standard InChI is InChI=1S/C14H14N2O2S3/c1-10(9-15-21(17,18)13-7-4-8-19-13)14-16-11-5-2-3-6-12(11)20-14/h2-8,10,15H,9H2,1H3. The number of rotatable bonds is 5. The molecular formula is C14H14N2O2S3. The van der Waals surface area contributed by atoms with Gasteiger partial charge in [-0.3, -0.25) is 0 Å². The van der Waals surface area contributed by atoms with Crippen LogP contribution >= 0.6 is 22.7 Å². The molecule has 4 nitrogen and oxygen atoms in total. The van der Waals surface area contributed by atoms with E-state index in [0.717, 1.165) is 15.2 Å². The number of nitrogens with zero attached hydrogens (tertiary/aromatic N) is 1. The molecule has 1 aromatic carbocycles. The lowest BCUT2D eigenvalue weighted by molar-refractivity contribution is 0.577. The molecule has 0 saturated heterocycles. The molecule has 0 amide bonds. The molecule has 7 heteroatoms. The summed E-state index contributed by atoms with van der Waals surface area (Å²) in [4.78, 5) is 4.56. The zero-order chi connectivity index (χ0) is 14.9. The number of sulfonamides is 1. The molecule has 110 valence electrons. The lowest BCUT2D eigenvalue weighted by atomic mass is 10.2. The molecule has 0 spiro atoms. The predicted octanol–water partition coefficient (Wildman–Crippen LogP) is 3.44. The second kappa shape index (κ2) is 5.84. The molecule has 1 unspecified atom stereocenters. The Labute approximate surface area is 131 Å². The van der Waals surface area contributed by atoms with Crippen molar-refractivity contribution in [2.24, 2.45) is 0 Å². The van der Waals surface area contributed by atoms with Crippen LogP contribution in [0.4, 0.5) is 0 Å². The number of nitrogens with one attached hydrogen (secondary N) is 1. The number of hydrogen-bond donors (Lipinski definition) is 1. The third-order valence-electron chi connectivity index (χ3n) is 3.07. The lowest BCUT2D eigenvalue weighted by Crippen LogP contribution is -2.27. The average molecular weight is 338 g/mol. The van der Waals surface area contributed by atoms with Gasteiger partial charge in [-0.2, -0.15) is 0 Å². The minimum atomic E-state index is -3.40. The van der Waals surface area contributed by atoms with Gasteiger partial charge in [0.2, 0.25) is 10.0 Å². The first-order chi connectivity index (χ1) is 10.1. The summed E-state index contributed by atoms with van der Waals surface area (Å²) in [6.45, 7) is 2.33. The summed E-state index contributed by atoms with van der Waals surface area (Å²) >= 11 is 2.83. The molecule has 0 saturated carbocycles. The van der Waals surface area contributed by atoms with Crippen molar-refractivity contribution in [2.75, 3.05) is 6.54 Å². The molecule has 1 atom stereocenters. The molecule has 3 rings (SSSR count). The van der Waals surface area contributed by atoms with Crippen LogP contribution in [0.3, 0.4) is 0 Å². The van der Waals surface area contributed by atoms with Crippen LogP contribution < -0.4 is 4.72 Å². The summed E-state index contributed by atoms with van der Waals surface area (Å²) in [6.07, 6.45) is 0. The van der Waals surface area contributed by atoms with E-state index in [1.54, 1.807) is 28.8 Å². The predicted molar refractivity (Wildman–Crippen MR) is 87.5 cm³/mol. The number of thiazole rings is 1. The highest BCUT2D eigenvalue weighted by molar-refractivity contribution is 7.91. The van der Waals surface area contributed by atoms with Crippen molar-refractivity contribution in [3.8, 4) is 0 Å². The number of fused-ring (bicyclic) bond motifs is 1. The number of para-hydroxylation sites is 1. The highest BCUT2D eigenvalue weighted by Gasteiger charge is 2.18. The fourth-order valence-corrected chi connectivity index (χ4v) is 5.10. The van der Waals surface area contributed by atoms with E-state index in [1.165, 1.54) is 11.3 Å². The maximum atomic E-state index is 12.1. The van der Waals surface area contributed by atoms with Crippen LogP contribution in [0.2, 0.25) is 0 Å². The minimum absolute atomic E-state index is 0.0390. The third kappa shape index (κ3) is 3.16. The first kappa shape index (κ1) is 14.6. The Morgan fingerprint density at radius 1 is 1.24 bits per heavy atom. The van der Waals surface area contributed by atoms with Gasteiger partial charge in [-0.05, 0) is 23.6 Å². The Bertz CT molecular complexity index is 805. The van der Waals surface area contributed by atoms with Gasteiger partial charge in [0.15, 0.2) is 0 Å². The largest absolute Gasteiger partial charge is 0.250 e. The van der Waals surface area contributed by atoms with E-state index in [0.29, 0.717) is 10.8 Å². The van der Waals surface area contributed by atoms with Crippen LogP contribution in [0.25, 0.3) is 10.2 Å². The number of benzene rings is 1. The first-order valence-corrected chi connectivity index (χ1v) is 9.63. The Morgan fingerprint density at radius 3 is 2.76 bits per heavy atom. The smallest absolute Gasteiger partial charge is 0.241 e. The van der Waals surface area contributed by atoms with E-state index in [2.05, 4.69) is 9.71 Å². The minimum Gasteiger partial charge on any atom is -0.241 e. The highest BCUT2D eigenvalue weighted by atomic mass is 32.2. The van der Waals surface area contributed by atoms with Crippen molar-refractivity contribution in [2.45, 2.75) is 17.1 Å². The van der Waals surface area contributed by atoms with Crippen LogP contribution in [-0.2, 0) is 10.0 Å². The molecule has 0 aliphatic rings. The summed E-state index contributed by atoms with van der Waals surface area (Å²) in [5.74, 6) is 0.0390. The Kier molecular flexibility index (Phi) is 4.08. The summed E-state index contributed by atoms with van der Waals surface area (Å²) < 4.78 is 28.3. The quantitative estimate of drug-likeness (QED) is 0.775. The fraction of sp³-hybridized carbons (Fsp3) is 0.214. The normalized spacial score (nSPS) is 13.6. The Morgan fingerprint density at radius 2 is 2.05 bits per heavy atom. The van der Waals surface area contributed by atoms with E-state index in [1.807, 2.05) is 31.2 Å². The van der Waals surface area contributed by atoms with Gasteiger partial charge in [0.05, 0.1) is 15.2 Å². The van der Waals surface area contributed by atoms with Gasteiger partial charge < -0.3 is 0 Å². The van der Waals surface area contributed by atoms with Crippen molar-refractivity contribution >= 4 is 42.9 Å². The number of hydrogen-bond acceptors (Lipinski definition) is 5. The first-order valence-electron chi connectivity index (χ1n) is 6.45. The SMILES string of the molecule is CC(CNS(=O)(=O)c1cccs1)c1nc2ccccc2s1. The maximum Gasteiger partial charge on any atom is 0.250 e. The molecule has 0 aliphatic carbocycles. The molecule has 21 heavy (non-hydrogen) atoms. The molecule has 0 aliphatic heterocycles. The summed E-state index contributed by atoms with van der Waals surface area (Å²) in [5, 5.41) is 2.70. The van der Waals surface area contributed by atoms with E-state index < -0.39 is 10.0 Å². The van der Waals surface area contributed by atoms with Crippen LogP contribution in [0.5, 0.6) is 0 Å². The summed E-state index contributed by atoms with van der Waals surface area (Å²) in [6, 6.07) is 11.3. The zero-order valence-corrected chi connectivity index (χ0v) is 13.8. The van der Waals surface area contributed by atoms with Gasteiger partial charge in [-0.15, -0.1) is 22.7 Å². The summed E-state index contributed by atoms with van der Waals surface area (Å²) in [7, 11) is -3.40. The van der Waals surface area contributed by atoms with E-state index >= 15 is 0 Å². The lowest BCUT2D eigenvalue weighted by Gasteiger charge is -2.09. The second-order valence-corrected chi connectivity index (χ2v) is 8.71. The van der Waals surface area contributed by atoms with Gasteiger partial charge in [-0.25, -0.2) is 18.1 Å². The van der Waals surface area contributed by atoms with Crippen molar-refractivity contribution < 1.29 is 8.42 Å². The van der Waals surface area contributed by atoms with Gasteiger partial charge in [0.25, 0.3) is 0 Å². The van der Waals surface area contributed by atoms with Crippen molar-refractivity contribution in [3.63, 3.8) is 0 Å². The summed E-state index contributed by atoms with van der Waals surface area (Å²) in [5.41, 5.74) is 0.963. The molecule has 0 fully saturated rings. The average Bonchev–Trinajstić information content (AvgIpc) is 3.13. The molecular weight excluding hydrogens is 324 g/mol. The van der Waals surface area contributed by atoms with Crippen molar-refractivity contribution in [3.05, 3.63) is 46.8 Å². The van der Waals surface area contributed by atoms with Crippen molar-refractivity contribution in [1.29, 1.82) is 0 Å². The van der Waals surface area contributed by atoms with Crippen LogP contribution in [0.1, 0.15) is 17.8 Å².